The first-order valence-corrected chi connectivity index (χ1v) is 5.51. The van der Waals surface area contributed by atoms with Gasteiger partial charge in [0, 0.05) is 5.56 Å². The molecule has 0 bridgehead atoms. The summed E-state index contributed by atoms with van der Waals surface area (Å²) < 4.78 is 0. The maximum atomic E-state index is 11.8. The normalized spacial score (nSPS) is 9.56. The van der Waals surface area contributed by atoms with Crippen molar-refractivity contribution in [2.24, 2.45) is 0 Å². The Bertz CT molecular complexity index is 617. The zero-order chi connectivity index (χ0) is 13.0. The topological polar surface area (TPSA) is 65.8 Å². The predicted molar refractivity (Wildman–Crippen MR) is 68.4 cm³/mol. The van der Waals surface area contributed by atoms with Crippen LogP contribution in [0.1, 0.15) is 15.9 Å². The van der Waals surface area contributed by atoms with Gasteiger partial charge < -0.3 is 5.32 Å². The molecule has 0 saturated heterocycles. The molecule has 1 aromatic carbocycles. The number of rotatable bonds is 2. The fraction of sp³-hybridized carbons (Fsp3) is 0. The van der Waals surface area contributed by atoms with Gasteiger partial charge in [0.15, 0.2) is 0 Å². The summed E-state index contributed by atoms with van der Waals surface area (Å²) in [6, 6.07) is 13.3. The minimum Gasteiger partial charge on any atom is -0.307 e. The molecule has 1 N–H and O–H groups in total. The van der Waals surface area contributed by atoms with E-state index in [0.29, 0.717) is 22.1 Å². The first-order chi connectivity index (χ1) is 8.69. The molecule has 0 spiro atoms. The van der Waals surface area contributed by atoms with Gasteiger partial charge in [0.2, 0.25) is 0 Å². The van der Waals surface area contributed by atoms with E-state index in [1.54, 1.807) is 42.5 Å². The molecule has 2 aromatic rings. The van der Waals surface area contributed by atoms with Crippen molar-refractivity contribution in [1.29, 1.82) is 5.26 Å². The summed E-state index contributed by atoms with van der Waals surface area (Å²) in [4.78, 5) is 15.8. The number of hydrogen-bond acceptors (Lipinski definition) is 3. The van der Waals surface area contributed by atoms with Crippen LogP contribution in [0.2, 0.25) is 5.15 Å². The van der Waals surface area contributed by atoms with Gasteiger partial charge in [-0.3, -0.25) is 4.79 Å². The Hall–Kier alpha value is -2.38. The Morgan fingerprint density at radius 1 is 1.22 bits per heavy atom. The van der Waals surface area contributed by atoms with Crippen LogP contribution >= 0.6 is 11.6 Å². The van der Waals surface area contributed by atoms with Gasteiger partial charge >= 0.3 is 0 Å². The van der Waals surface area contributed by atoms with E-state index in [1.807, 2.05) is 6.07 Å². The van der Waals surface area contributed by atoms with Crippen LogP contribution in [0.15, 0.2) is 42.5 Å². The van der Waals surface area contributed by atoms with Crippen molar-refractivity contribution >= 4 is 23.3 Å². The number of hydrogen-bond donors (Lipinski definition) is 1. The van der Waals surface area contributed by atoms with Gasteiger partial charge in [0.1, 0.15) is 11.0 Å². The molecule has 0 aliphatic heterocycles. The lowest BCUT2D eigenvalue weighted by atomic mass is 10.1. The molecular formula is C13H8ClN3O. The van der Waals surface area contributed by atoms with Crippen LogP contribution in [0.4, 0.5) is 5.82 Å². The van der Waals surface area contributed by atoms with Crippen LogP contribution in [-0.2, 0) is 0 Å². The highest BCUT2D eigenvalue weighted by Gasteiger charge is 2.06. The molecule has 1 heterocycles. The lowest BCUT2D eigenvalue weighted by Gasteiger charge is -2.04. The van der Waals surface area contributed by atoms with Gasteiger partial charge in [-0.1, -0.05) is 17.7 Å². The van der Waals surface area contributed by atoms with E-state index in [0.717, 1.165) is 0 Å². The average Bonchev–Trinajstić information content (AvgIpc) is 2.39. The van der Waals surface area contributed by atoms with E-state index in [1.165, 1.54) is 0 Å². The largest absolute Gasteiger partial charge is 0.307 e. The van der Waals surface area contributed by atoms with Crippen LogP contribution in [-0.4, -0.2) is 10.9 Å². The van der Waals surface area contributed by atoms with Gasteiger partial charge in [-0.15, -0.1) is 0 Å². The second-order valence-electron chi connectivity index (χ2n) is 3.49. The number of nitrogens with zero attached hydrogens (tertiary/aromatic N) is 2. The third kappa shape index (κ3) is 2.84. The number of nitriles is 1. The molecule has 4 nitrogen and oxygen atoms in total. The molecule has 2 rings (SSSR count). The molecule has 5 heteroatoms. The summed E-state index contributed by atoms with van der Waals surface area (Å²) in [5.74, 6) is 0.0890. The molecule has 1 aromatic heterocycles. The van der Waals surface area contributed by atoms with E-state index >= 15 is 0 Å². The number of carbonyl (C=O) groups is 1. The standard InChI is InChI=1S/C13H8ClN3O/c14-11-2-1-3-12(16-11)17-13(18)10-6-4-9(8-15)5-7-10/h1-7H,(H,16,17,18). The zero-order valence-corrected chi connectivity index (χ0v) is 9.98. The lowest BCUT2D eigenvalue weighted by molar-refractivity contribution is 0.102. The fourth-order valence-electron chi connectivity index (χ4n) is 1.36. The first kappa shape index (κ1) is 12.1. The van der Waals surface area contributed by atoms with E-state index in [4.69, 9.17) is 16.9 Å². The van der Waals surface area contributed by atoms with E-state index in [9.17, 15) is 4.79 Å². The predicted octanol–water partition coefficient (Wildman–Crippen LogP) is 2.86. The van der Waals surface area contributed by atoms with E-state index < -0.39 is 0 Å². The van der Waals surface area contributed by atoms with Crippen LogP contribution in [0.25, 0.3) is 0 Å². The van der Waals surface area contributed by atoms with Gasteiger partial charge in [-0.2, -0.15) is 5.26 Å². The van der Waals surface area contributed by atoms with Gasteiger partial charge in [-0.05, 0) is 36.4 Å². The number of halogens is 1. The molecule has 0 aliphatic carbocycles. The Morgan fingerprint density at radius 2 is 1.94 bits per heavy atom. The molecule has 1 amide bonds. The van der Waals surface area contributed by atoms with Gasteiger partial charge in [0.25, 0.3) is 5.91 Å². The Labute approximate surface area is 109 Å². The van der Waals surface area contributed by atoms with Crippen LogP contribution in [0, 0.1) is 11.3 Å². The monoisotopic (exact) mass is 257 g/mol. The number of pyridine rings is 1. The van der Waals surface area contributed by atoms with Crippen molar-refractivity contribution in [2.45, 2.75) is 0 Å². The third-order valence-corrected chi connectivity index (χ3v) is 2.44. The molecule has 0 fully saturated rings. The minimum absolute atomic E-state index is 0.297. The second-order valence-corrected chi connectivity index (χ2v) is 3.88. The minimum atomic E-state index is -0.297. The number of aromatic nitrogens is 1. The quantitative estimate of drug-likeness (QED) is 0.842. The first-order valence-electron chi connectivity index (χ1n) is 5.13. The van der Waals surface area contributed by atoms with Crippen molar-refractivity contribution in [1.82, 2.24) is 4.98 Å². The number of nitrogens with one attached hydrogen (secondary N) is 1. The summed E-state index contributed by atoms with van der Waals surface area (Å²) in [5.41, 5.74) is 0.961. The van der Waals surface area contributed by atoms with Crippen LogP contribution < -0.4 is 5.32 Å². The molecule has 18 heavy (non-hydrogen) atoms. The lowest BCUT2D eigenvalue weighted by Crippen LogP contribution is -2.12. The van der Waals surface area contributed by atoms with Crippen molar-refractivity contribution in [2.75, 3.05) is 5.32 Å². The maximum absolute atomic E-state index is 11.8. The number of anilines is 1. The third-order valence-electron chi connectivity index (χ3n) is 2.23. The SMILES string of the molecule is N#Cc1ccc(C(=O)Nc2cccc(Cl)n2)cc1. The van der Waals surface area contributed by atoms with Crippen molar-refractivity contribution in [3.05, 3.63) is 58.7 Å². The molecule has 0 unspecified atom stereocenters. The van der Waals surface area contributed by atoms with Crippen molar-refractivity contribution in [3.63, 3.8) is 0 Å². The van der Waals surface area contributed by atoms with Crippen molar-refractivity contribution in [3.8, 4) is 6.07 Å². The molecule has 0 saturated carbocycles. The average molecular weight is 258 g/mol. The molecular weight excluding hydrogens is 250 g/mol. The molecule has 0 atom stereocenters. The second kappa shape index (κ2) is 5.30. The highest BCUT2D eigenvalue weighted by molar-refractivity contribution is 6.29. The number of amides is 1. The Balaban J connectivity index is 2.14. The van der Waals surface area contributed by atoms with Crippen LogP contribution in [0.3, 0.4) is 0 Å². The van der Waals surface area contributed by atoms with E-state index in [-0.39, 0.29) is 5.91 Å². The van der Waals surface area contributed by atoms with Gasteiger partial charge in [-0.25, -0.2) is 4.98 Å². The Morgan fingerprint density at radius 3 is 2.56 bits per heavy atom. The van der Waals surface area contributed by atoms with Crippen molar-refractivity contribution < 1.29 is 4.79 Å². The highest BCUT2D eigenvalue weighted by Crippen LogP contribution is 2.11. The summed E-state index contributed by atoms with van der Waals surface area (Å²) in [7, 11) is 0. The molecule has 0 aliphatic rings. The summed E-state index contributed by atoms with van der Waals surface area (Å²) >= 11 is 5.72. The zero-order valence-electron chi connectivity index (χ0n) is 9.22. The number of benzene rings is 1. The highest BCUT2D eigenvalue weighted by atomic mass is 35.5. The van der Waals surface area contributed by atoms with Gasteiger partial charge in [0.05, 0.1) is 11.6 Å². The summed E-state index contributed by atoms with van der Waals surface area (Å²) in [5, 5.41) is 11.6. The fourth-order valence-corrected chi connectivity index (χ4v) is 1.53. The Kier molecular flexibility index (Phi) is 3.56. The summed E-state index contributed by atoms with van der Waals surface area (Å²) in [6.45, 7) is 0. The maximum Gasteiger partial charge on any atom is 0.256 e. The van der Waals surface area contributed by atoms with E-state index in [2.05, 4.69) is 10.3 Å². The van der Waals surface area contributed by atoms with Crippen LogP contribution in [0.5, 0.6) is 0 Å². The summed E-state index contributed by atoms with van der Waals surface area (Å²) in [6.07, 6.45) is 0. The smallest absolute Gasteiger partial charge is 0.256 e. The number of carbonyl (C=O) groups excluding carboxylic acids is 1. The molecule has 0 radical (unpaired) electrons. The molecule has 88 valence electrons.